The SMILES string of the molecule is CC(C)C1CCCC1.CC(C)C1CCCC1.CCc1ccccc1.CCc1ccccc1.[CH3-].[CH3-].[CH3-].[CH3-].[Cr+2].[Cr+2]. The smallest absolute Gasteiger partial charge is 0.358 e. The fraction of sp³-hybridized carbons (Fsp3) is 0.556. The topological polar surface area (TPSA) is 0 Å². The van der Waals surface area contributed by atoms with E-state index in [0.29, 0.717) is 0 Å². The second kappa shape index (κ2) is 32.7. The number of hydrogen-bond donors (Lipinski definition) is 0. The molecule has 220 valence electrons. The van der Waals surface area contributed by atoms with Gasteiger partial charge in [0, 0.05) is 0 Å². The molecule has 0 radical (unpaired) electrons. The minimum atomic E-state index is 0. The molecule has 0 heterocycles. The van der Waals surface area contributed by atoms with Crippen LogP contribution in [0.2, 0.25) is 0 Å². The van der Waals surface area contributed by atoms with Crippen LogP contribution in [0, 0.1) is 53.4 Å². The minimum Gasteiger partial charge on any atom is -0.358 e. The van der Waals surface area contributed by atoms with Crippen LogP contribution >= 0.6 is 0 Å². The van der Waals surface area contributed by atoms with Gasteiger partial charge in [-0.3, -0.25) is 0 Å². The molecule has 2 aliphatic carbocycles. The molecule has 0 aliphatic heterocycles. The van der Waals surface area contributed by atoms with Gasteiger partial charge in [0.05, 0.1) is 0 Å². The van der Waals surface area contributed by atoms with Crippen LogP contribution in [0.5, 0.6) is 0 Å². The summed E-state index contributed by atoms with van der Waals surface area (Å²) < 4.78 is 0. The molecule has 0 nitrogen and oxygen atoms in total. The summed E-state index contributed by atoms with van der Waals surface area (Å²) in [5, 5.41) is 0. The first-order chi connectivity index (χ1) is 15.5. The van der Waals surface area contributed by atoms with E-state index in [1.54, 1.807) is 0 Å². The molecule has 0 bridgehead atoms. The molecule has 38 heavy (non-hydrogen) atoms. The molecule has 2 saturated carbocycles. The fourth-order valence-electron chi connectivity index (χ4n) is 4.68. The number of benzene rings is 2. The van der Waals surface area contributed by atoms with E-state index in [0.717, 1.165) is 36.5 Å². The molecule has 2 aromatic rings. The Morgan fingerprint density at radius 1 is 0.500 bits per heavy atom. The minimum absolute atomic E-state index is 0. The molecule has 0 N–H and O–H groups in total. The van der Waals surface area contributed by atoms with E-state index in [1.165, 1.54) is 62.5 Å². The predicted octanol–water partition coefficient (Wildman–Crippen LogP) is 12.0. The van der Waals surface area contributed by atoms with Gasteiger partial charge >= 0.3 is 34.7 Å². The van der Waals surface area contributed by atoms with E-state index >= 15 is 0 Å². The monoisotopic (exact) mass is 600 g/mol. The summed E-state index contributed by atoms with van der Waals surface area (Å²) >= 11 is 0. The van der Waals surface area contributed by atoms with Gasteiger partial charge in [-0.1, -0.05) is 154 Å². The Morgan fingerprint density at radius 2 is 0.737 bits per heavy atom. The van der Waals surface area contributed by atoms with Gasteiger partial charge in [0.15, 0.2) is 0 Å². The van der Waals surface area contributed by atoms with Crippen molar-refractivity contribution in [3.8, 4) is 0 Å². The van der Waals surface area contributed by atoms with E-state index in [-0.39, 0.29) is 64.4 Å². The van der Waals surface area contributed by atoms with Crippen LogP contribution in [-0.4, -0.2) is 0 Å². The van der Waals surface area contributed by atoms with E-state index in [9.17, 15) is 0 Å². The molecule has 0 atom stereocenters. The molecule has 2 fully saturated rings. The molecule has 0 spiro atoms. The standard InChI is InChI=1S/2C8H16.2C8H10.4CH3.2Cr/c2*1-7(2)8-5-3-4-6-8;2*1-2-8-6-4-3-5-7-8;;;;;;/h2*7-8H,3-6H2,1-2H3;2*3-7H,2H2,1H3;4*1H3;;/q;;;;4*-1;2*+2. The van der Waals surface area contributed by atoms with Crippen molar-refractivity contribution in [2.24, 2.45) is 23.7 Å². The average Bonchev–Trinajstić information content (AvgIpc) is 3.56. The van der Waals surface area contributed by atoms with Crippen LogP contribution < -0.4 is 0 Å². The van der Waals surface area contributed by atoms with Gasteiger partial charge in [-0.15, -0.1) is 0 Å². The zero-order valence-electron chi connectivity index (χ0n) is 27.0. The predicted molar refractivity (Wildman–Crippen MR) is 171 cm³/mol. The third kappa shape index (κ3) is 24.5. The first-order valence-corrected chi connectivity index (χ1v) is 13.6. The Hall–Kier alpha value is -0.495. The van der Waals surface area contributed by atoms with Crippen LogP contribution in [0.25, 0.3) is 0 Å². The normalized spacial score (nSPS) is 13.5. The van der Waals surface area contributed by atoms with Gasteiger partial charge in [-0.2, -0.15) is 0 Å². The van der Waals surface area contributed by atoms with Gasteiger partial charge in [0.2, 0.25) is 0 Å². The summed E-state index contributed by atoms with van der Waals surface area (Å²) in [5.41, 5.74) is 2.82. The zero-order valence-corrected chi connectivity index (χ0v) is 29.5. The third-order valence-electron chi connectivity index (χ3n) is 7.19. The van der Waals surface area contributed by atoms with E-state index in [4.69, 9.17) is 0 Å². The van der Waals surface area contributed by atoms with Crippen molar-refractivity contribution in [2.45, 2.75) is 106 Å². The van der Waals surface area contributed by atoms with Gasteiger partial charge < -0.3 is 29.7 Å². The summed E-state index contributed by atoms with van der Waals surface area (Å²) in [5.74, 6) is 4.01. The summed E-state index contributed by atoms with van der Waals surface area (Å²) in [6.45, 7) is 13.7. The molecule has 2 aliphatic rings. The first-order valence-electron chi connectivity index (χ1n) is 13.6. The van der Waals surface area contributed by atoms with Crippen molar-refractivity contribution in [2.75, 3.05) is 0 Å². The largest absolute Gasteiger partial charge is 2.00 e. The summed E-state index contributed by atoms with van der Waals surface area (Å²) in [6.07, 6.45) is 14.2. The average molecular weight is 601 g/mol. The second-order valence-corrected chi connectivity index (χ2v) is 10.3. The van der Waals surface area contributed by atoms with Gasteiger partial charge in [0.1, 0.15) is 0 Å². The Balaban J connectivity index is -0.0000000853. The Kier molecular flexibility index (Phi) is 43.4. The van der Waals surface area contributed by atoms with Gasteiger partial charge in [-0.05, 0) is 47.6 Å². The van der Waals surface area contributed by atoms with Crippen molar-refractivity contribution in [1.82, 2.24) is 0 Å². The summed E-state index contributed by atoms with van der Waals surface area (Å²) in [4.78, 5) is 0. The molecule has 0 aromatic heterocycles. The molecule has 0 unspecified atom stereocenters. The molecule has 0 saturated heterocycles. The van der Waals surface area contributed by atoms with Crippen LogP contribution in [0.4, 0.5) is 0 Å². The maximum absolute atomic E-state index is 2.34. The van der Waals surface area contributed by atoms with Crippen molar-refractivity contribution in [1.29, 1.82) is 0 Å². The van der Waals surface area contributed by atoms with Crippen LogP contribution in [-0.2, 0) is 47.6 Å². The Morgan fingerprint density at radius 3 is 0.868 bits per heavy atom. The molecule has 0 amide bonds. The van der Waals surface area contributed by atoms with E-state index in [1.807, 2.05) is 12.1 Å². The second-order valence-electron chi connectivity index (χ2n) is 10.3. The van der Waals surface area contributed by atoms with Crippen molar-refractivity contribution < 1.29 is 34.7 Å². The maximum atomic E-state index is 2.34. The summed E-state index contributed by atoms with van der Waals surface area (Å²) in [7, 11) is 0. The van der Waals surface area contributed by atoms with Crippen LogP contribution in [0.1, 0.15) is 104 Å². The van der Waals surface area contributed by atoms with Crippen molar-refractivity contribution >= 4 is 0 Å². The van der Waals surface area contributed by atoms with Crippen molar-refractivity contribution in [3.05, 3.63) is 101 Å². The van der Waals surface area contributed by atoms with Crippen LogP contribution in [0.15, 0.2) is 60.7 Å². The van der Waals surface area contributed by atoms with E-state index < -0.39 is 0 Å². The fourth-order valence-corrected chi connectivity index (χ4v) is 4.68. The quantitative estimate of drug-likeness (QED) is 0.306. The number of aryl methyl sites for hydroxylation is 2. The van der Waals surface area contributed by atoms with E-state index in [2.05, 4.69) is 90.1 Å². The molecule has 2 heteroatoms. The third-order valence-corrected chi connectivity index (χ3v) is 7.19. The molecule has 2 aromatic carbocycles. The molecular weight excluding hydrogens is 536 g/mol. The summed E-state index contributed by atoms with van der Waals surface area (Å²) in [6, 6.07) is 20.9. The maximum Gasteiger partial charge on any atom is 2.00 e. The Bertz CT molecular complexity index is 580. The number of rotatable bonds is 4. The zero-order chi connectivity index (χ0) is 23.6. The first kappa shape index (κ1) is 50.4. The van der Waals surface area contributed by atoms with Crippen LogP contribution in [0.3, 0.4) is 0 Å². The van der Waals surface area contributed by atoms with Gasteiger partial charge in [0.25, 0.3) is 0 Å². The van der Waals surface area contributed by atoms with Gasteiger partial charge in [-0.25, -0.2) is 0 Å². The molecule has 4 rings (SSSR count). The number of hydrogen-bond acceptors (Lipinski definition) is 0. The Labute approximate surface area is 264 Å². The molecular formula is C36H64Cr2. The van der Waals surface area contributed by atoms with Crippen molar-refractivity contribution in [3.63, 3.8) is 0 Å².